The average Bonchev–Trinajstić information content (AvgIpc) is 2.80. The van der Waals surface area contributed by atoms with Crippen molar-refractivity contribution in [2.75, 3.05) is 5.32 Å². The minimum Gasteiger partial charge on any atom is -0.453 e. The number of esters is 1. The number of hydrogen-bond donors (Lipinski definition) is 1. The van der Waals surface area contributed by atoms with Crippen molar-refractivity contribution < 1.29 is 23.5 Å². The molecule has 0 bridgehead atoms. The van der Waals surface area contributed by atoms with E-state index in [0.29, 0.717) is 16.8 Å². The zero-order valence-electron chi connectivity index (χ0n) is 17.9. The number of ether oxygens (including phenoxy) is 1. The maximum atomic E-state index is 13.3. The molecule has 32 heavy (non-hydrogen) atoms. The van der Waals surface area contributed by atoms with E-state index in [1.54, 1.807) is 54.6 Å². The van der Waals surface area contributed by atoms with Crippen LogP contribution in [0.4, 0.5) is 10.1 Å². The lowest BCUT2D eigenvalue weighted by molar-refractivity contribution is -0.147. The number of halogens is 1. The highest BCUT2D eigenvalue weighted by Crippen LogP contribution is 2.16. The van der Waals surface area contributed by atoms with E-state index in [2.05, 4.69) is 5.32 Å². The molecule has 164 valence electrons. The van der Waals surface area contributed by atoms with Crippen LogP contribution >= 0.6 is 0 Å². The van der Waals surface area contributed by atoms with E-state index in [4.69, 9.17) is 4.74 Å². The average molecular weight is 433 g/mol. The van der Waals surface area contributed by atoms with Crippen LogP contribution in [0, 0.1) is 12.7 Å². The molecule has 0 aromatic heterocycles. The van der Waals surface area contributed by atoms with Gasteiger partial charge >= 0.3 is 5.97 Å². The molecule has 3 aromatic rings. The number of benzene rings is 3. The molecule has 3 rings (SSSR count). The van der Waals surface area contributed by atoms with Gasteiger partial charge < -0.3 is 10.1 Å². The molecule has 0 saturated carbocycles. The predicted octanol–water partition coefficient (Wildman–Crippen LogP) is 5.00. The van der Waals surface area contributed by atoms with Gasteiger partial charge in [0.1, 0.15) is 11.9 Å². The molecular weight excluding hydrogens is 409 g/mol. The van der Waals surface area contributed by atoms with Gasteiger partial charge in [-0.15, -0.1) is 0 Å². The Morgan fingerprint density at radius 1 is 0.875 bits per heavy atom. The summed E-state index contributed by atoms with van der Waals surface area (Å²) in [5.74, 6) is -1.77. The quantitative estimate of drug-likeness (QED) is 0.380. The fraction of sp³-hybridized carbons (Fsp3) is 0.192. The third-order valence-electron chi connectivity index (χ3n) is 4.95. The number of anilines is 1. The van der Waals surface area contributed by atoms with Crippen LogP contribution in [0.3, 0.4) is 0 Å². The topological polar surface area (TPSA) is 72.5 Å². The van der Waals surface area contributed by atoms with Crippen molar-refractivity contribution >= 4 is 23.2 Å². The van der Waals surface area contributed by atoms with E-state index >= 15 is 0 Å². The third kappa shape index (κ3) is 6.11. The van der Waals surface area contributed by atoms with Gasteiger partial charge in [0, 0.05) is 23.2 Å². The number of carbonyl (C=O) groups excluding carboxylic acids is 3. The van der Waals surface area contributed by atoms with Crippen LogP contribution < -0.4 is 5.32 Å². The number of ketones is 2. The van der Waals surface area contributed by atoms with Crippen molar-refractivity contribution in [1.82, 2.24) is 0 Å². The molecule has 0 aliphatic rings. The number of aryl methyl sites for hydroxylation is 1. The van der Waals surface area contributed by atoms with Crippen molar-refractivity contribution in [3.8, 4) is 0 Å². The van der Waals surface area contributed by atoms with Crippen LogP contribution in [0.5, 0.6) is 0 Å². The second-order valence-corrected chi connectivity index (χ2v) is 7.51. The van der Waals surface area contributed by atoms with Gasteiger partial charge in [0.25, 0.3) is 0 Å². The maximum Gasteiger partial charge on any atom is 0.329 e. The van der Waals surface area contributed by atoms with Crippen LogP contribution in [-0.2, 0) is 9.53 Å². The minimum atomic E-state index is -1.05. The summed E-state index contributed by atoms with van der Waals surface area (Å²) in [7, 11) is 0. The summed E-state index contributed by atoms with van der Waals surface area (Å²) < 4.78 is 18.7. The fourth-order valence-electron chi connectivity index (χ4n) is 3.13. The summed E-state index contributed by atoms with van der Waals surface area (Å²) in [6.07, 6.45) is -1.22. The molecule has 1 N–H and O–H groups in total. The molecule has 0 heterocycles. The molecule has 0 saturated heterocycles. The smallest absolute Gasteiger partial charge is 0.329 e. The number of nitrogens with one attached hydrogen (secondary N) is 1. The third-order valence-corrected chi connectivity index (χ3v) is 4.95. The first-order valence-electron chi connectivity index (χ1n) is 10.2. The molecule has 6 heteroatoms. The molecule has 0 spiro atoms. The number of carbonyl (C=O) groups is 3. The zero-order chi connectivity index (χ0) is 23.1. The minimum absolute atomic E-state index is 0.189. The number of hydrogen-bond acceptors (Lipinski definition) is 5. The van der Waals surface area contributed by atoms with E-state index in [1.165, 1.54) is 31.2 Å². The van der Waals surface area contributed by atoms with E-state index in [9.17, 15) is 18.8 Å². The largest absolute Gasteiger partial charge is 0.453 e. The maximum absolute atomic E-state index is 13.3. The second-order valence-electron chi connectivity index (χ2n) is 7.51. The van der Waals surface area contributed by atoms with Gasteiger partial charge in [-0.3, -0.25) is 9.59 Å². The Morgan fingerprint density at radius 3 is 2.12 bits per heavy atom. The van der Waals surface area contributed by atoms with Crippen molar-refractivity contribution in [2.24, 2.45) is 0 Å². The van der Waals surface area contributed by atoms with Gasteiger partial charge in [-0.2, -0.15) is 0 Å². The molecule has 0 aliphatic carbocycles. The lowest BCUT2D eigenvalue weighted by atomic mass is 10.0. The van der Waals surface area contributed by atoms with Crippen LogP contribution in [0.25, 0.3) is 0 Å². The highest BCUT2D eigenvalue weighted by molar-refractivity contribution is 6.02. The lowest BCUT2D eigenvalue weighted by Crippen LogP contribution is -2.37. The Morgan fingerprint density at radius 2 is 1.50 bits per heavy atom. The molecule has 0 aliphatic heterocycles. The molecule has 0 fully saturated rings. The van der Waals surface area contributed by atoms with E-state index in [-0.39, 0.29) is 18.0 Å². The first-order chi connectivity index (χ1) is 15.3. The molecule has 0 unspecified atom stereocenters. The standard InChI is InChI=1S/C26H24FNO4/c1-17-8-10-20(11-9-17)25(30)18(2)32-26(31)23(28-22-14-12-21(27)13-15-22)16-24(29)19-6-4-3-5-7-19/h3-15,18,23,28H,16H2,1-2H3/t18-,23+/m0/s1. The van der Waals surface area contributed by atoms with Crippen LogP contribution in [0.2, 0.25) is 0 Å². The van der Waals surface area contributed by atoms with Crippen LogP contribution in [0.1, 0.15) is 39.6 Å². The summed E-state index contributed by atoms with van der Waals surface area (Å²) in [6.45, 7) is 3.40. The van der Waals surface area contributed by atoms with Gasteiger partial charge in [-0.25, -0.2) is 9.18 Å². The van der Waals surface area contributed by atoms with Crippen LogP contribution in [-0.4, -0.2) is 29.7 Å². The Bertz CT molecular complexity index is 1080. The first-order valence-corrected chi connectivity index (χ1v) is 10.2. The summed E-state index contributed by atoms with van der Waals surface area (Å²) in [5.41, 5.74) is 2.34. The van der Waals surface area contributed by atoms with Gasteiger partial charge in [0.2, 0.25) is 5.78 Å². The van der Waals surface area contributed by atoms with Gasteiger partial charge in [-0.05, 0) is 38.1 Å². The summed E-state index contributed by atoms with van der Waals surface area (Å²) in [4.78, 5) is 38.3. The van der Waals surface area contributed by atoms with Crippen molar-refractivity contribution in [2.45, 2.75) is 32.4 Å². The number of Topliss-reactive ketones (excluding diaryl/α,β-unsaturated/α-hetero) is 2. The highest BCUT2D eigenvalue weighted by Gasteiger charge is 2.28. The predicted molar refractivity (Wildman–Crippen MR) is 120 cm³/mol. The lowest BCUT2D eigenvalue weighted by Gasteiger charge is -2.21. The van der Waals surface area contributed by atoms with E-state index in [1.807, 2.05) is 6.92 Å². The molecule has 3 aromatic carbocycles. The molecule has 0 radical (unpaired) electrons. The second kappa shape index (κ2) is 10.5. The van der Waals surface area contributed by atoms with Gasteiger partial charge in [0.15, 0.2) is 11.9 Å². The van der Waals surface area contributed by atoms with Crippen molar-refractivity contribution in [3.63, 3.8) is 0 Å². The number of rotatable bonds is 9. The van der Waals surface area contributed by atoms with E-state index in [0.717, 1.165) is 5.56 Å². The summed E-state index contributed by atoms with van der Waals surface area (Å²) in [5, 5.41) is 2.92. The Labute approximate surface area is 186 Å². The van der Waals surface area contributed by atoms with Gasteiger partial charge in [0.05, 0.1) is 0 Å². The van der Waals surface area contributed by atoms with Crippen LogP contribution in [0.15, 0.2) is 78.9 Å². The summed E-state index contributed by atoms with van der Waals surface area (Å²) in [6, 6.07) is 19.9. The molecular formula is C26H24FNO4. The summed E-state index contributed by atoms with van der Waals surface area (Å²) >= 11 is 0. The fourth-order valence-corrected chi connectivity index (χ4v) is 3.13. The Hall–Kier alpha value is -3.80. The highest BCUT2D eigenvalue weighted by atomic mass is 19.1. The zero-order valence-corrected chi connectivity index (χ0v) is 17.9. The SMILES string of the molecule is Cc1ccc(C(=O)[C@H](C)OC(=O)[C@@H](CC(=O)c2ccccc2)Nc2ccc(F)cc2)cc1. The van der Waals surface area contributed by atoms with E-state index < -0.39 is 23.9 Å². The molecule has 2 atom stereocenters. The Balaban J connectivity index is 1.75. The normalized spacial score (nSPS) is 12.5. The Kier molecular flexibility index (Phi) is 7.49. The molecule has 0 amide bonds. The molecule has 5 nitrogen and oxygen atoms in total. The van der Waals surface area contributed by atoms with Crippen molar-refractivity contribution in [1.29, 1.82) is 0 Å². The van der Waals surface area contributed by atoms with Crippen molar-refractivity contribution in [3.05, 3.63) is 101 Å². The first kappa shape index (κ1) is 22.9. The van der Waals surface area contributed by atoms with Gasteiger partial charge in [-0.1, -0.05) is 60.2 Å². The monoisotopic (exact) mass is 433 g/mol.